The minimum Gasteiger partial charge on any atom is -0.480 e. The molecule has 0 saturated carbocycles. The summed E-state index contributed by atoms with van der Waals surface area (Å²) in [7, 11) is -3.97. The molecule has 0 saturated heterocycles. The zero-order chi connectivity index (χ0) is 19.0. The van der Waals surface area contributed by atoms with E-state index in [0.29, 0.717) is 12.0 Å². The van der Waals surface area contributed by atoms with Crippen molar-refractivity contribution in [2.45, 2.75) is 42.2 Å². The molecule has 0 radical (unpaired) electrons. The van der Waals surface area contributed by atoms with E-state index in [1.165, 1.54) is 29.8 Å². The third-order valence-corrected chi connectivity index (χ3v) is 6.35. The molecule has 0 bridgehead atoms. The van der Waals surface area contributed by atoms with E-state index in [1.54, 1.807) is 0 Å². The van der Waals surface area contributed by atoms with E-state index >= 15 is 0 Å². The Morgan fingerprint density at radius 1 is 1.00 bits per heavy atom. The predicted octanol–water partition coefficient (Wildman–Crippen LogP) is 3.59. The Morgan fingerprint density at radius 3 is 2.23 bits per heavy atom. The minimum absolute atomic E-state index is 0.0619. The van der Waals surface area contributed by atoms with Crippen LogP contribution in [-0.2, 0) is 21.1 Å². The molecule has 0 aliphatic carbocycles. The van der Waals surface area contributed by atoms with Gasteiger partial charge >= 0.3 is 5.97 Å². The van der Waals surface area contributed by atoms with Crippen molar-refractivity contribution in [3.63, 3.8) is 0 Å². The molecular weight excluding hydrogens is 350 g/mol. The van der Waals surface area contributed by atoms with E-state index in [2.05, 4.69) is 0 Å². The number of carboxylic acid groups (broad SMARTS) is 1. The third kappa shape index (κ3) is 5.17. The van der Waals surface area contributed by atoms with Gasteiger partial charge < -0.3 is 5.11 Å². The molecule has 2 aromatic carbocycles. The van der Waals surface area contributed by atoms with Crippen LogP contribution < -0.4 is 0 Å². The summed E-state index contributed by atoms with van der Waals surface area (Å²) in [4.78, 5) is 11.4. The van der Waals surface area contributed by atoms with Crippen LogP contribution in [0.25, 0.3) is 0 Å². The van der Waals surface area contributed by atoms with Crippen molar-refractivity contribution in [2.24, 2.45) is 0 Å². The monoisotopic (exact) mass is 371 g/mol. The van der Waals surface area contributed by atoms with Gasteiger partial charge in [-0.1, -0.05) is 43.2 Å². The van der Waals surface area contributed by atoms with Gasteiger partial charge in [0.15, 0.2) is 15.1 Å². The van der Waals surface area contributed by atoms with Crippen LogP contribution in [0.4, 0.5) is 0 Å². The van der Waals surface area contributed by atoms with Crippen LogP contribution in [0.2, 0.25) is 0 Å². The molecule has 0 aliphatic heterocycles. The van der Waals surface area contributed by atoms with Gasteiger partial charge in [-0.15, -0.1) is 0 Å². The molecule has 0 amide bonds. The lowest BCUT2D eigenvalue weighted by atomic mass is 10.1. The van der Waals surface area contributed by atoms with Crippen molar-refractivity contribution in [3.05, 3.63) is 65.7 Å². The number of benzene rings is 2. The predicted molar refractivity (Wildman–Crippen MR) is 98.4 cm³/mol. The Morgan fingerprint density at radius 2 is 1.65 bits per heavy atom. The van der Waals surface area contributed by atoms with E-state index in [-0.39, 0.29) is 11.3 Å². The summed E-state index contributed by atoms with van der Waals surface area (Å²) in [5.74, 6) is -1.34. The number of carboxylic acids is 1. The second kappa shape index (κ2) is 9.16. The normalized spacial score (nSPS) is 12.3. The van der Waals surface area contributed by atoms with Crippen LogP contribution in [0.1, 0.15) is 36.8 Å². The zero-order valence-electron chi connectivity index (χ0n) is 14.3. The molecule has 0 aromatic heterocycles. The molecule has 2 rings (SSSR count). The van der Waals surface area contributed by atoms with Gasteiger partial charge in [0, 0.05) is 0 Å². The van der Waals surface area contributed by atoms with Crippen molar-refractivity contribution >= 4 is 15.8 Å². The molecule has 6 heteroatoms. The molecule has 2 aromatic rings. The quantitative estimate of drug-likeness (QED) is 0.680. The van der Waals surface area contributed by atoms with Crippen LogP contribution in [-0.4, -0.2) is 24.7 Å². The average Bonchev–Trinajstić information content (AvgIpc) is 2.65. The van der Waals surface area contributed by atoms with Crippen molar-refractivity contribution in [2.75, 3.05) is 0 Å². The Bertz CT molecular complexity index is 868. The maximum absolute atomic E-state index is 12.6. The highest BCUT2D eigenvalue weighted by atomic mass is 32.2. The van der Waals surface area contributed by atoms with Crippen LogP contribution in [0.5, 0.6) is 0 Å². The lowest BCUT2D eigenvalue weighted by Gasteiger charge is -2.13. The number of aliphatic carboxylic acids is 1. The van der Waals surface area contributed by atoms with E-state index in [1.807, 2.05) is 36.4 Å². The number of nitrogens with zero attached hydrogens (tertiary/aromatic N) is 1. The van der Waals surface area contributed by atoms with E-state index in [0.717, 1.165) is 19.3 Å². The summed E-state index contributed by atoms with van der Waals surface area (Å²) < 4.78 is 25.2. The summed E-state index contributed by atoms with van der Waals surface area (Å²) >= 11 is 0. The fraction of sp³-hybridized carbons (Fsp3) is 0.300. The van der Waals surface area contributed by atoms with Crippen molar-refractivity contribution in [3.8, 4) is 6.07 Å². The Balaban J connectivity index is 1.94. The van der Waals surface area contributed by atoms with Gasteiger partial charge in [0.1, 0.15) is 0 Å². The summed E-state index contributed by atoms with van der Waals surface area (Å²) in [5, 5.41) is 16.7. The van der Waals surface area contributed by atoms with Crippen LogP contribution in [0.15, 0.2) is 59.5 Å². The first-order valence-electron chi connectivity index (χ1n) is 8.46. The highest BCUT2D eigenvalue weighted by Crippen LogP contribution is 2.21. The maximum atomic E-state index is 12.6. The number of sulfone groups is 1. The third-order valence-electron chi connectivity index (χ3n) is 4.24. The molecule has 1 unspecified atom stereocenters. The Labute approximate surface area is 153 Å². The number of hydrogen-bond donors (Lipinski definition) is 1. The van der Waals surface area contributed by atoms with Gasteiger partial charge in [-0.05, 0) is 49.1 Å². The van der Waals surface area contributed by atoms with Gasteiger partial charge in [-0.3, -0.25) is 4.79 Å². The van der Waals surface area contributed by atoms with E-state index in [4.69, 9.17) is 5.26 Å². The second-order valence-electron chi connectivity index (χ2n) is 6.09. The number of carbonyl (C=O) groups is 1. The molecule has 26 heavy (non-hydrogen) atoms. The van der Waals surface area contributed by atoms with Crippen molar-refractivity contribution < 1.29 is 18.3 Å². The molecule has 1 atom stereocenters. The van der Waals surface area contributed by atoms with Gasteiger partial charge in [0.2, 0.25) is 0 Å². The first kappa shape index (κ1) is 19.7. The van der Waals surface area contributed by atoms with Gasteiger partial charge in [0.05, 0.1) is 16.5 Å². The SMILES string of the molecule is N#Cc1ccc(S(=O)(=O)C(CCCCCc2ccccc2)C(=O)O)cc1. The molecule has 136 valence electrons. The highest BCUT2D eigenvalue weighted by molar-refractivity contribution is 7.92. The Kier molecular flexibility index (Phi) is 6.93. The Hall–Kier alpha value is -2.65. The fourth-order valence-electron chi connectivity index (χ4n) is 2.78. The number of unbranched alkanes of at least 4 members (excludes halogenated alkanes) is 2. The second-order valence-corrected chi connectivity index (χ2v) is 8.22. The summed E-state index contributed by atoms with van der Waals surface area (Å²) in [6, 6.07) is 17.2. The molecule has 0 fully saturated rings. The van der Waals surface area contributed by atoms with Gasteiger partial charge in [-0.25, -0.2) is 8.42 Å². The molecule has 1 N–H and O–H groups in total. The van der Waals surface area contributed by atoms with Gasteiger partial charge in [-0.2, -0.15) is 5.26 Å². The smallest absolute Gasteiger partial charge is 0.322 e. The molecule has 0 aliphatic rings. The molecule has 5 nitrogen and oxygen atoms in total. The molecule has 0 heterocycles. The summed E-state index contributed by atoms with van der Waals surface area (Å²) in [5.41, 5.74) is 1.55. The topological polar surface area (TPSA) is 95.2 Å². The maximum Gasteiger partial charge on any atom is 0.322 e. The minimum atomic E-state index is -3.97. The lowest BCUT2D eigenvalue weighted by Crippen LogP contribution is -2.30. The number of hydrogen-bond acceptors (Lipinski definition) is 4. The average molecular weight is 371 g/mol. The standard InChI is InChI=1S/C20H21NO4S/c21-15-17-11-13-18(14-12-17)26(24,25)19(20(22)23)10-6-2-5-9-16-7-3-1-4-8-16/h1,3-4,7-8,11-14,19H,2,5-6,9-10H2,(H,22,23). The molecular formula is C20H21NO4S. The number of nitriles is 1. The van der Waals surface area contributed by atoms with E-state index in [9.17, 15) is 18.3 Å². The van der Waals surface area contributed by atoms with Crippen LogP contribution >= 0.6 is 0 Å². The number of aryl methyl sites for hydroxylation is 1. The zero-order valence-corrected chi connectivity index (χ0v) is 15.2. The van der Waals surface area contributed by atoms with Gasteiger partial charge in [0.25, 0.3) is 0 Å². The summed E-state index contributed by atoms with van der Waals surface area (Å²) in [6.07, 6.45) is 3.14. The first-order valence-corrected chi connectivity index (χ1v) is 10.0. The fourth-order valence-corrected chi connectivity index (χ4v) is 4.36. The lowest BCUT2D eigenvalue weighted by molar-refractivity contribution is -0.136. The van der Waals surface area contributed by atoms with Crippen molar-refractivity contribution in [1.29, 1.82) is 5.26 Å². The number of rotatable bonds is 9. The summed E-state index contributed by atoms with van der Waals surface area (Å²) in [6.45, 7) is 0. The highest BCUT2D eigenvalue weighted by Gasteiger charge is 2.33. The van der Waals surface area contributed by atoms with Crippen molar-refractivity contribution in [1.82, 2.24) is 0 Å². The van der Waals surface area contributed by atoms with Crippen LogP contribution in [0.3, 0.4) is 0 Å². The first-order chi connectivity index (χ1) is 12.4. The largest absolute Gasteiger partial charge is 0.480 e. The molecule has 0 spiro atoms. The van der Waals surface area contributed by atoms with E-state index < -0.39 is 21.1 Å². The van der Waals surface area contributed by atoms with Crippen LogP contribution in [0, 0.1) is 11.3 Å².